The summed E-state index contributed by atoms with van der Waals surface area (Å²) in [5.74, 6) is 2.94. The van der Waals surface area contributed by atoms with E-state index in [9.17, 15) is 4.79 Å². The average molecular weight is 437 g/mol. The van der Waals surface area contributed by atoms with Crippen molar-refractivity contribution in [2.24, 2.45) is 5.92 Å². The van der Waals surface area contributed by atoms with Gasteiger partial charge in [0.25, 0.3) is 0 Å². The third-order valence-electron chi connectivity index (χ3n) is 6.29. The van der Waals surface area contributed by atoms with E-state index in [2.05, 4.69) is 30.2 Å². The van der Waals surface area contributed by atoms with E-state index in [0.717, 1.165) is 35.3 Å². The van der Waals surface area contributed by atoms with Gasteiger partial charge in [-0.1, -0.05) is 32.0 Å². The minimum atomic E-state index is -0.115. The molecule has 2 amide bonds. The summed E-state index contributed by atoms with van der Waals surface area (Å²) < 4.78 is 10.8. The maximum atomic E-state index is 13.1. The standard InChI is InChI=1S/C25H32N4O3/c1-16(2)23(18-9-10-21(31-3)22(15-18)32-4)28-25(30)29-13-11-17(12-14-29)24-26-19-7-5-6-8-20(19)27-24/h5-10,15-17,23H,11-14H2,1-4H3,(H,26,27)(H,28,30)/t23-/m1/s1. The Morgan fingerprint density at radius 1 is 1.09 bits per heavy atom. The molecule has 0 unspecified atom stereocenters. The molecule has 1 fully saturated rings. The van der Waals surface area contributed by atoms with Crippen LogP contribution in [0.15, 0.2) is 42.5 Å². The van der Waals surface area contributed by atoms with Crippen LogP contribution in [-0.2, 0) is 0 Å². The van der Waals surface area contributed by atoms with Gasteiger partial charge in [0, 0.05) is 19.0 Å². The number of methoxy groups -OCH3 is 2. The predicted molar refractivity (Wildman–Crippen MR) is 125 cm³/mol. The molecule has 4 rings (SSSR count). The molecule has 32 heavy (non-hydrogen) atoms. The first-order valence-corrected chi connectivity index (χ1v) is 11.2. The quantitative estimate of drug-likeness (QED) is 0.578. The Morgan fingerprint density at radius 2 is 1.81 bits per heavy atom. The van der Waals surface area contributed by atoms with Crippen LogP contribution in [0.1, 0.15) is 50.0 Å². The van der Waals surface area contributed by atoms with E-state index in [1.807, 2.05) is 41.3 Å². The van der Waals surface area contributed by atoms with Crippen LogP contribution >= 0.6 is 0 Å². The largest absolute Gasteiger partial charge is 0.493 e. The summed E-state index contributed by atoms with van der Waals surface area (Å²) >= 11 is 0. The lowest BCUT2D eigenvalue weighted by atomic mass is 9.95. The van der Waals surface area contributed by atoms with Crippen molar-refractivity contribution >= 4 is 17.1 Å². The van der Waals surface area contributed by atoms with Gasteiger partial charge in [0.15, 0.2) is 11.5 Å². The average Bonchev–Trinajstić information content (AvgIpc) is 3.26. The minimum Gasteiger partial charge on any atom is -0.493 e. The highest BCUT2D eigenvalue weighted by Gasteiger charge is 2.28. The summed E-state index contributed by atoms with van der Waals surface area (Å²) in [5, 5.41) is 3.23. The fourth-order valence-corrected chi connectivity index (χ4v) is 4.43. The maximum absolute atomic E-state index is 13.1. The van der Waals surface area contributed by atoms with Gasteiger partial charge in [0.1, 0.15) is 5.82 Å². The molecule has 1 aliphatic heterocycles. The van der Waals surface area contributed by atoms with Gasteiger partial charge in [-0.15, -0.1) is 0 Å². The number of amides is 2. The van der Waals surface area contributed by atoms with Crippen LogP contribution in [-0.4, -0.2) is 48.2 Å². The maximum Gasteiger partial charge on any atom is 0.317 e. The molecule has 170 valence electrons. The Labute approximate surface area is 189 Å². The molecular formula is C25H32N4O3. The van der Waals surface area contributed by atoms with Gasteiger partial charge in [-0.2, -0.15) is 0 Å². The molecular weight excluding hydrogens is 404 g/mol. The number of urea groups is 1. The highest BCUT2D eigenvalue weighted by molar-refractivity contribution is 5.76. The highest BCUT2D eigenvalue weighted by Crippen LogP contribution is 2.33. The molecule has 0 radical (unpaired) electrons. The fourth-order valence-electron chi connectivity index (χ4n) is 4.43. The molecule has 0 bridgehead atoms. The summed E-state index contributed by atoms with van der Waals surface area (Å²) in [4.78, 5) is 23.2. The molecule has 2 aromatic carbocycles. The number of ether oxygens (including phenoxy) is 2. The number of benzene rings is 2. The van der Waals surface area contributed by atoms with E-state index in [1.165, 1.54) is 0 Å². The number of fused-ring (bicyclic) bond motifs is 1. The Bertz CT molecular complexity index is 1040. The Morgan fingerprint density at radius 3 is 2.47 bits per heavy atom. The van der Waals surface area contributed by atoms with Crippen LogP contribution in [0.4, 0.5) is 4.79 Å². The van der Waals surface area contributed by atoms with Gasteiger partial charge in [-0.05, 0) is 48.6 Å². The predicted octanol–water partition coefficient (Wildman–Crippen LogP) is 4.87. The van der Waals surface area contributed by atoms with Crippen LogP contribution in [0.25, 0.3) is 11.0 Å². The number of aromatic nitrogens is 2. The lowest BCUT2D eigenvalue weighted by Crippen LogP contribution is -2.46. The number of nitrogens with one attached hydrogen (secondary N) is 2. The molecule has 3 aromatic rings. The number of aromatic amines is 1. The summed E-state index contributed by atoms with van der Waals surface area (Å²) in [6.45, 7) is 5.64. The first-order valence-electron chi connectivity index (χ1n) is 11.2. The van der Waals surface area contributed by atoms with Gasteiger partial charge in [-0.25, -0.2) is 9.78 Å². The van der Waals surface area contributed by atoms with E-state index in [-0.39, 0.29) is 18.0 Å². The topological polar surface area (TPSA) is 79.5 Å². The van der Waals surface area contributed by atoms with E-state index < -0.39 is 0 Å². The molecule has 1 atom stereocenters. The number of para-hydroxylation sites is 2. The third-order valence-corrected chi connectivity index (χ3v) is 6.29. The number of hydrogen-bond acceptors (Lipinski definition) is 4. The monoisotopic (exact) mass is 436 g/mol. The molecule has 1 saturated heterocycles. The van der Waals surface area contributed by atoms with Crippen molar-refractivity contribution in [1.29, 1.82) is 0 Å². The number of carbonyl (C=O) groups excluding carboxylic acids is 1. The zero-order chi connectivity index (χ0) is 22.7. The Hall–Kier alpha value is -3.22. The van der Waals surface area contributed by atoms with E-state index >= 15 is 0 Å². The summed E-state index contributed by atoms with van der Waals surface area (Å²) in [6.07, 6.45) is 1.80. The number of piperidine rings is 1. The second kappa shape index (κ2) is 9.51. The van der Waals surface area contributed by atoms with Gasteiger partial charge in [0.2, 0.25) is 0 Å². The number of rotatable bonds is 6. The molecule has 2 N–H and O–H groups in total. The van der Waals surface area contributed by atoms with Crippen molar-refractivity contribution in [3.63, 3.8) is 0 Å². The van der Waals surface area contributed by atoms with Crippen LogP contribution < -0.4 is 14.8 Å². The lowest BCUT2D eigenvalue weighted by molar-refractivity contribution is 0.173. The van der Waals surface area contributed by atoms with Crippen LogP contribution in [0.5, 0.6) is 11.5 Å². The number of nitrogens with zero attached hydrogens (tertiary/aromatic N) is 2. The Balaban J connectivity index is 1.40. The van der Waals surface area contributed by atoms with Crippen molar-refractivity contribution in [2.75, 3.05) is 27.3 Å². The number of imidazole rings is 1. The molecule has 0 aliphatic carbocycles. The molecule has 7 heteroatoms. The van der Waals surface area contributed by atoms with Crippen molar-refractivity contribution in [2.45, 2.75) is 38.6 Å². The highest BCUT2D eigenvalue weighted by atomic mass is 16.5. The van der Waals surface area contributed by atoms with Crippen LogP contribution in [0.2, 0.25) is 0 Å². The fraction of sp³-hybridized carbons (Fsp3) is 0.440. The first-order chi connectivity index (χ1) is 15.5. The molecule has 0 spiro atoms. The Kier molecular flexibility index (Phi) is 6.53. The molecule has 7 nitrogen and oxygen atoms in total. The molecule has 2 heterocycles. The van der Waals surface area contributed by atoms with E-state index in [1.54, 1.807) is 14.2 Å². The number of H-pyrrole nitrogens is 1. The normalized spacial score (nSPS) is 15.7. The molecule has 0 saturated carbocycles. The molecule has 1 aliphatic rings. The second-order valence-corrected chi connectivity index (χ2v) is 8.69. The van der Waals surface area contributed by atoms with Crippen LogP contribution in [0.3, 0.4) is 0 Å². The minimum absolute atomic E-state index is 0.0264. The third kappa shape index (κ3) is 4.52. The van der Waals surface area contributed by atoms with E-state index in [4.69, 9.17) is 14.5 Å². The zero-order valence-electron chi connectivity index (χ0n) is 19.2. The summed E-state index contributed by atoms with van der Waals surface area (Å²) in [7, 11) is 3.24. The number of hydrogen-bond donors (Lipinski definition) is 2. The number of likely N-dealkylation sites (tertiary alicyclic amines) is 1. The van der Waals surface area contributed by atoms with Crippen molar-refractivity contribution in [3.05, 3.63) is 53.9 Å². The van der Waals surface area contributed by atoms with Crippen molar-refractivity contribution in [1.82, 2.24) is 20.2 Å². The van der Waals surface area contributed by atoms with E-state index in [0.29, 0.717) is 30.5 Å². The lowest BCUT2D eigenvalue weighted by Gasteiger charge is -2.33. The second-order valence-electron chi connectivity index (χ2n) is 8.69. The van der Waals surface area contributed by atoms with Crippen molar-refractivity contribution in [3.8, 4) is 11.5 Å². The summed E-state index contributed by atoms with van der Waals surface area (Å²) in [5.41, 5.74) is 3.07. The summed E-state index contributed by atoms with van der Waals surface area (Å²) in [6, 6.07) is 13.8. The van der Waals surface area contributed by atoms with Gasteiger partial charge < -0.3 is 24.7 Å². The van der Waals surface area contributed by atoms with Gasteiger partial charge >= 0.3 is 6.03 Å². The number of carbonyl (C=O) groups is 1. The zero-order valence-corrected chi connectivity index (χ0v) is 19.2. The molecule has 1 aromatic heterocycles. The van der Waals surface area contributed by atoms with Crippen molar-refractivity contribution < 1.29 is 14.3 Å². The first kappa shape index (κ1) is 22.0. The van der Waals surface area contributed by atoms with Gasteiger partial charge in [0.05, 0.1) is 31.3 Å². The van der Waals surface area contributed by atoms with Gasteiger partial charge in [-0.3, -0.25) is 0 Å². The smallest absolute Gasteiger partial charge is 0.317 e. The SMILES string of the molecule is COc1ccc([C@H](NC(=O)N2CCC(c3nc4ccccc4[nH]3)CC2)C(C)C)cc1OC. The van der Waals surface area contributed by atoms with Crippen LogP contribution in [0, 0.1) is 5.92 Å².